The minimum Gasteiger partial charge on any atom is -0.494 e. The maximum Gasteiger partial charge on any atom is 0.119 e. The SMILES string of the molecule is COCCN(C)CCCOc1cccc(CN)c1. The topological polar surface area (TPSA) is 47.7 Å². The molecule has 4 heteroatoms. The van der Waals surface area contributed by atoms with Crippen molar-refractivity contribution in [1.82, 2.24) is 4.90 Å². The standard InChI is InChI=1S/C14H24N2O2/c1-16(8-10-17-2)7-4-9-18-14-6-3-5-13(11-14)12-15/h3,5-6,11H,4,7-10,12,15H2,1-2H3. The molecule has 0 aliphatic carbocycles. The monoisotopic (exact) mass is 252 g/mol. The molecule has 102 valence electrons. The number of nitrogens with two attached hydrogens (primary N) is 1. The summed E-state index contributed by atoms with van der Waals surface area (Å²) in [6, 6.07) is 7.94. The molecule has 0 aromatic heterocycles. The summed E-state index contributed by atoms with van der Waals surface area (Å²) in [5, 5.41) is 0. The van der Waals surface area contributed by atoms with Crippen molar-refractivity contribution in [3.63, 3.8) is 0 Å². The third-order valence-corrected chi connectivity index (χ3v) is 2.76. The van der Waals surface area contributed by atoms with Gasteiger partial charge >= 0.3 is 0 Å². The zero-order chi connectivity index (χ0) is 13.2. The molecular weight excluding hydrogens is 228 g/mol. The van der Waals surface area contributed by atoms with Gasteiger partial charge in [0.05, 0.1) is 13.2 Å². The molecule has 2 N–H and O–H groups in total. The first-order valence-corrected chi connectivity index (χ1v) is 6.35. The lowest BCUT2D eigenvalue weighted by atomic mass is 10.2. The molecule has 0 amide bonds. The maximum absolute atomic E-state index is 5.69. The summed E-state index contributed by atoms with van der Waals surface area (Å²) in [7, 11) is 3.81. The van der Waals surface area contributed by atoms with Crippen LogP contribution in [0.25, 0.3) is 0 Å². The van der Waals surface area contributed by atoms with Crippen LogP contribution in [0.2, 0.25) is 0 Å². The Kier molecular flexibility index (Phi) is 7.41. The smallest absolute Gasteiger partial charge is 0.119 e. The first-order valence-electron chi connectivity index (χ1n) is 6.35. The molecule has 0 aliphatic rings. The van der Waals surface area contributed by atoms with E-state index >= 15 is 0 Å². The first-order chi connectivity index (χ1) is 8.76. The second-order valence-corrected chi connectivity index (χ2v) is 4.35. The molecule has 0 fully saturated rings. The number of rotatable bonds is 9. The predicted octanol–water partition coefficient (Wildman–Crippen LogP) is 1.49. The van der Waals surface area contributed by atoms with E-state index in [9.17, 15) is 0 Å². The van der Waals surface area contributed by atoms with Crippen molar-refractivity contribution in [3.8, 4) is 5.75 Å². The van der Waals surface area contributed by atoms with Crippen LogP contribution in [-0.2, 0) is 11.3 Å². The van der Waals surface area contributed by atoms with Crippen molar-refractivity contribution in [2.75, 3.05) is 40.5 Å². The first kappa shape index (κ1) is 15.0. The number of ether oxygens (including phenoxy) is 2. The van der Waals surface area contributed by atoms with Crippen LogP contribution in [0.1, 0.15) is 12.0 Å². The van der Waals surface area contributed by atoms with E-state index in [1.54, 1.807) is 7.11 Å². The zero-order valence-corrected chi connectivity index (χ0v) is 11.4. The van der Waals surface area contributed by atoms with Crippen molar-refractivity contribution in [3.05, 3.63) is 29.8 Å². The number of likely N-dealkylation sites (N-methyl/N-ethyl adjacent to an activating group) is 1. The van der Waals surface area contributed by atoms with Crippen molar-refractivity contribution in [2.45, 2.75) is 13.0 Å². The Morgan fingerprint density at radius 3 is 2.78 bits per heavy atom. The van der Waals surface area contributed by atoms with Crippen molar-refractivity contribution in [1.29, 1.82) is 0 Å². The van der Waals surface area contributed by atoms with Gasteiger partial charge in [-0.3, -0.25) is 0 Å². The fourth-order valence-corrected chi connectivity index (χ4v) is 1.65. The molecule has 1 aromatic carbocycles. The van der Waals surface area contributed by atoms with Gasteiger partial charge in [0, 0.05) is 26.7 Å². The number of methoxy groups -OCH3 is 1. The summed E-state index contributed by atoms with van der Waals surface area (Å²) in [6.45, 7) is 4.03. The molecule has 4 nitrogen and oxygen atoms in total. The average Bonchev–Trinajstić information content (AvgIpc) is 2.41. The lowest BCUT2D eigenvalue weighted by Crippen LogP contribution is -2.25. The van der Waals surface area contributed by atoms with Crippen LogP contribution in [0.5, 0.6) is 5.75 Å². The van der Waals surface area contributed by atoms with E-state index in [2.05, 4.69) is 11.9 Å². The van der Waals surface area contributed by atoms with Gasteiger partial charge < -0.3 is 20.1 Å². The van der Waals surface area contributed by atoms with Crippen LogP contribution in [0.4, 0.5) is 0 Å². The van der Waals surface area contributed by atoms with Gasteiger partial charge in [-0.2, -0.15) is 0 Å². The minimum absolute atomic E-state index is 0.553. The van der Waals surface area contributed by atoms with Gasteiger partial charge in [-0.15, -0.1) is 0 Å². The molecule has 18 heavy (non-hydrogen) atoms. The highest BCUT2D eigenvalue weighted by Crippen LogP contribution is 2.12. The molecular formula is C14H24N2O2. The molecule has 0 spiro atoms. The molecule has 0 aliphatic heterocycles. The van der Waals surface area contributed by atoms with Crippen LogP contribution < -0.4 is 10.5 Å². The highest BCUT2D eigenvalue weighted by Gasteiger charge is 1.99. The third kappa shape index (κ3) is 6.00. The second-order valence-electron chi connectivity index (χ2n) is 4.35. The van der Waals surface area contributed by atoms with E-state index in [-0.39, 0.29) is 0 Å². The Labute approximate surface area is 110 Å². The van der Waals surface area contributed by atoms with Crippen LogP contribution in [-0.4, -0.2) is 45.4 Å². The van der Waals surface area contributed by atoms with Crippen molar-refractivity contribution < 1.29 is 9.47 Å². The molecule has 0 radical (unpaired) electrons. The number of nitrogens with zero attached hydrogens (tertiary/aromatic N) is 1. The Hall–Kier alpha value is -1.10. The highest BCUT2D eigenvalue weighted by atomic mass is 16.5. The number of benzene rings is 1. The lowest BCUT2D eigenvalue weighted by Gasteiger charge is -2.16. The van der Waals surface area contributed by atoms with Gasteiger partial charge in [0.25, 0.3) is 0 Å². The summed E-state index contributed by atoms with van der Waals surface area (Å²) in [5.41, 5.74) is 6.69. The summed E-state index contributed by atoms with van der Waals surface area (Å²) < 4.78 is 10.7. The Balaban J connectivity index is 2.17. The molecule has 0 bridgehead atoms. The highest BCUT2D eigenvalue weighted by molar-refractivity contribution is 5.28. The summed E-state index contributed by atoms with van der Waals surface area (Å²) in [6.07, 6.45) is 1.01. The van der Waals surface area contributed by atoms with Crippen molar-refractivity contribution >= 4 is 0 Å². The predicted molar refractivity (Wildman–Crippen MR) is 73.8 cm³/mol. The van der Waals surface area contributed by atoms with Gasteiger partial charge in [-0.25, -0.2) is 0 Å². The third-order valence-electron chi connectivity index (χ3n) is 2.76. The summed E-state index contributed by atoms with van der Waals surface area (Å²) in [5.74, 6) is 0.900. The van der Waals surface area contributed by atoms with Crippen molar-refractivity contribution in [2.24, 2.45) is 5.73 Å². The normalized spacial score (nSPS) is 10.9. The maximum atomic E-state index is 5.69. The van der Waals surface area contributed by atoms with E-state index < -0.39 is 0 Å². The van der Waals surface area contributed by atoms with Crippen LogP contribution >= 0.6 is 0 Å². The van der Waals surface area contributed by atoms with Gasteiger partial charge in [-0.05, 0) is 31.2 Å². The second kappa shape index (κ2) is 8.91. The largest absolute Gasteiger partial charge is 0.494 e. The summed E-state index contributed by atoms with van der Waals surface area (Å²) >= 11 is 0. The molecule has 0 saturated heterocycles. The van der Waals surface area contributed by atoms with Gasteiger partial charge in [0.2, 0.25) is 0 Å². The Morgan fingerprint density at radius 2 is 2.06 bits per heavy atom. The quantitative estimate of drug-likeness (QED) is 0.677. The molecule has 0 saturated carbocycles. The van der Waals surface area contributed by atoms with Gasteiger partial charge in [0.15, 0.2) is 0 Å². The fourth-order valence-electron chi connectivity index (χ4n) is 1.65. The molecule has 0 unspecified atom stereocenters. The van der Waals surface area contributed by atoms with Crippen LogP contribution in [0.15, 0.2) is 24.3 Å². The van der Waals surface area contributed by atoms with Gasteiger partial charge in [-0.1, -0.05) is 12.1 Å². The average molecular weight is 252 g/mol. The van der Waals surface area contributed by atoms with Crippen LogP contribution in [0, 0.1) is 0 Å². The van der Waals surface area contributed by atoms with Gasteiger partial charge in [0.1, 0.15) is 5.75 Å². The molecule has 1 aromatic rings. The van der Waals surface area contributed by atoms with E-state index in [0.29, 0.717) is 6.54 Å². The van der Waals surface area contributed by atoms with E-state index in [0.717, 1.165) is 44.0 Å². The Bertz CT molecular complexity index is 331. The molecule has 1 rings (SSSR count). The zero-order valence-electron chi connectivity index (χ0n) is 11.4. The molecule has 0 heterocycles. The fraction of sp³-hybridized carbons (Fsp3) is 0.571. The lowest BCUT2D eigenvalue weighted by molar-refractivity contribution is 0.157. The Morgan fingerprint density at radius 1 is 1.22 bits per heavy atom. The number of hydrogen-bond acceptors (Lipinski definition) is 4. The minimum atomic E-state index is 0.553. The van der Waals surface area contributed by atoms with E-state index in [4.69, 9.17) is 15.2 Å². The van der Waals surface area contributed by atoms with E-state index in [1.165, 1.54) is 0 Å². The van der Waals surface area contributed by atoms with E-state index in [1.807, 2.05) is 24.3 Å². The number of hydrogen-bond donors (Lipinski definition) is 1. The summed E-state index contributed by atoms with van der Waals surface area (Å²) in [4.78, 5) is 2.24. The molecule has 0 atom stereocenters. The van der Waals surface area contributed by atoms with Crippen LogP contribution in [0.3, 0.4) is 0 Å².